The Morgan fingerprint density at radius 2 is 2.33 bits per heavy atom. The van der Waals surface area contributed by atoms with Crippen molar-refractivity contribution in [3.05, 3.63) is 35.1 Å². The normalized spacial score (nSPS) is 10.8. The number of rotatable bonds is 3. The van der Waals surface area contributed by atoms with Crippen molar-refractivity contribution in [2.24, 2.45) is 5.73 Å². The highest BCUT2D eigenvalue weighted by atomic mass is 35.5. The summed E-state index contributed by atoms with van der Waals surface area (Å²) in [7, 11) is 0. The first kappa shape index (κ1) is 9.23. The lowest BCUT2D eigenvalue weighted by Crippen LogP contribution is -1.94. The number of halogens is 1. The first-order valence-electron chi connectivity index (χ1n) is 3.80. The molecule has 0 saturated carbocycles. The molecule has 3 heteroatoms. The average Bonchev–Trinajstić information content (AvgIpc) is 2.05. The van der Waals surface area contributed by atoms with E-state index in [1.807, 2.05) is 18.2 Å². The van der Waals surface area contributed by atoms with Gasteiger partial charge in [0.25, 0.3) is 0 Å². The van der Waals surface area contributed by atoms with Crippen molar-refractivity contribution >= 4 is 17.7 Å². The molecule has 0 bridgehead atoms. The Labute approximate surface area is 77.1 Å². The van der Waals surface area contributed by atoms with E-state index in [4.69, 9.17) is 17.3 Å². The number of nitrogens with zero attached hydrogens (tertiary/aromatic N) is 1. The molecule has 1 heterocycles. The Morgan fingerprint density at radius 3 is 3.00 bits per heavy atom. The summed E-state index contributed by atoms with van der Waals surface area (Å²) in [6.07, 6.45) is 8.23. The van der Waals surface area contributed by atoms with Gasteiger partial charge < -0.3 is 5.73 Å². The van der Waals surface area contributed by atoms with Gasteiger partial charge in [-0.3, -0.25) is 4.98 Å². The summed E-state index contributed by atoms with van der Waals surface area (Å²) in [5, 5.41) is 0.657. The van der Waals surface area contributed by atoms with Gasteiger partial charge in [-0.25, -0.2) is 0 Å². The molecule has 0 unspecified atom stereocenters. The number of pyridine rings is 1. The zero-order valence-electron chi connectivity index (χ0n) is 6.70. The van der Waals surface area contributed by atoms with E-state index in [9.17, 15) is 0 Å². The summed E-state index contributed by atoms with van der Waals surface area (Å²) >= 11 is 5.74. The molecule has 12 heavy (non-hydrogen) atoms. The van der Waals surface area contributed by atoms with Gasteiger partial charge in [0.05, 0.1) is 5.02 Å². The summed E-state index contributed by atoms with van der Waals surface area (Å²) in [5.74, 6) is 0. The third-order valence-corrected chi connectivity index (χ3v) is 1.58. The van der Waals surface area contributed by atoms with Crippen LogP contribution < -0.4 is 5.73 Å². The highest BCUT2D eigenvalue weighted by Gasteiger charge is 1.88. The zero-order valence-corrected chi connectivity index (χ0v) is 7.46. The third-order valence-electron chi connectivity index (χ3n) is 1.37. The Balaban J connectivity index is 2.63. The Bertz CT molecular complexity index is 271. The zero-order chi connectivity index (χ0) is 8.81. The Hall–Kier alpha value is -0.860. The molecule has 0 aliphatic carbocycles. The monoisotopic (exact) mass is 182 g/mol. The minimum absolute atomic E-state index is 0.657. The molecule has 0 amide bonds. The van der Waals surface area contributed by atoms with E-state index < -0.39 is 0 Å². The number of aromatic nitrogens is 1. The Morgan fingerprint density at radius 1 is 1.50 bits per heavy atom. The molecule has 0 radical (unpaired) electrons. The van der Waals surface area contributed by atoms with Crippen LogP contribution in [-0.4, -0.2) is 11.5 Å². The molecule has 0 aliphatic rings. The molecular formula is C9H11ClN2. The summed E-state index contributed by atoms with van der Waals surface area (Å²) in [5.41, 5.74) is 6.34. The third kappa shape index (κ3) is 3.03. The average molecular weight is 183 g/mol. The molecule has 1 aromatic heterocycles. The van der Waals surface area contributed by atoms with Crippen LogP contribution in [0.4, 0.5) is 0 Å². The lowest BCUT2D eigenvalue weighted by Gasteiger charge is -1.92. The van der Waals surface area contributed by atoms with E-state index in [2.05, 4.69) is 4.98 Å². The van der Waals surface area contributed by atoms with Crippen LogP contribution in [0.5, 0.6) is 0 Å². The van der Waals surface area contributed by atoms with Crippen LogP contribution in [-0.2, 0) is 0 Å². The van der Waals surface area contributed by atoms with Gasteiger partial charge in [-0.1, -0.05) is 23.8 Å². The fourth-order valence-corrected chi connectivity index (χ4v) is 1.02. The fraction of sp³-hybridized carbons (Fsp3) is 0.222. The van der Waals surface area contributed by atoms with Crippen molar-refractivity contribution in [1.29, 1.82) is 0 Å². The second-order valence-corrected chi connectivity index (χ2v) is 2.85. The van der Waals surface area contributed by atoms with E-state index in [0.29, 0.717) is 11.6 Å². The summed E-state index contributed by atoms with van der Waals surface area (Å²) < 4.78 is 0. The molecule has 64 valence electrons. The standard InChI is InChI=1S/C9H11ClN2/c10-9-5-8(6-12-7-9)3-1-2-4-11/h1,3,5-7H,2,4,11H2. The van der Waals surface area contributed by atoms with Crippen LogP contribution in [0.2, 0.25) is 5.02 Å². The first-order valence-corrected chi connectivity index (χ1v) is 4.18. The molecule has 0 aromatic carbocycles. The summed E-state index contributed by atoms with van der Waals surface area (Å²) in [4.78, 5) is 3.95. The predicted molar refractivity (Wildman–Crippen MR) is 52.0 cm³/mol. The van der Waals surface area contributed by atoms with Crippen LogP contribution in [0.3, 0.4) is 0 Å². The molecule has 1 aromatic rings. The van der Waals surface area contributed by atoms with Crippen LogP contribution in [0.25, 0.3) is 6.08 Å². The van der Waals surface area contributed by atoms with Crippen LogP contribution >= 0.6 is 11.6 Å². The predicted octanol–water partition coefficient (Wildman–Crippen LogP) is 2.10. The lowest BCUT2D eigenvalue weighted by atomic mass is 10.2. The maximum Gasteiger partial charge on any atom is 0.0595 e. The van der Waals surface area contributed by atoms with E-state index >= 15 is 0 Å². The van der Waals surface area contributed by atoms with Gasteiger partial charge in [0.2, 0.25) is 0 Å². The minimum Gasteiger partial charge on any atom is -0.330 e. The smallest absolute Gasteiger partial charge is 0.0595 e. The maximum absolute atomic E-state index is 5.74. The molecule has 2 N–H and O–H groups in total. The van der Waals surface area contributed by atoms with Crippen molar-refractivity contribution in [2.75, 3.05) is 6.54 Å². The summed E-state index contributed by atoms with van der Waals surface area (Å²) in [6, 6.07) is 1.86. The van der Waals surface area contributed by atoms with Crippen molar-refractivity contribution in [3.8, 4) is 0 Å². The van der Waals surface area contributed by atoms with Crippen molar-refractivity contribution in [1.82, 2.24) is 4.98 Å². The maximum atomic E-state index is 5.74. The van der Waals surface area contributed by atoms with Gasteiger partial charge in [0.15, 0.2) is 0 Å². The van der Waals surface area contributed by atoms with Crippen molar-refractivity contribution < 1.29 is 0 Å². The fourth-order valence-electron chi connectivity index (χ4n) is 0.835. The molecule has 0 saturated heterocycles. The van der Waals surface area contributed by atoms with Gasteiger partial charge in [-0.05, 0) is 24.6 Å². The van der Waals surface area contributed by atoms with Crippen LogP contribution in [0.1, 0.15) is 12.0 Å². The number of hydrogen-bond donors (Lipinski definition) is 1. The topological polar surface area (TPSA) is 38.9 Å². The Kier molecular flexibility index (Phi) is 3.77. The molecular weight excluding hydrogens is 172 g/mol. The van der Waals surface area contributed by atoms with Gasteiger partial charge in [-0.15, -0.1) is 0 Å². The van der Waals surface area contributed by atoms with Crippen LogP contribution in [0.15, 0.2) is 24.5 Å². The second kappa shape index (κ2) is 4.91. The number of hydrogen-bond acceptors (Lipinski definition) is 2. The quantitative estimate of drug-likeness (QED) is 0.778. The molecule has 1 rings (SSSR count). The second-order valence-electron chi connectivity index (χ2n) is 2.42. The van der Waals surface area contributed by atoms with Gasteiger partial charge >= 0.3 is 0 Å². The SMILES string of the molecule is NCCC=Cc1cncc(Cl)c1. The molecule has 0 fully saturated rings. The summed E-state index contributed by atoms with van der Waals surface area (Å²) in [6.45, 7) is 0.671. The largest absolute Gasteiger partial charge is 0.330 e. The number of nitrogens with two attached hydrogens (primary N) is 1. The van der Waals surface area contributed by atoms with Gasteiger partial charge in [-0.2, -0.15) is 0 Å². The highest BCUT2D eigenvalue weighted by molar-refractivity contribution is 6.30. The molecule has 0 aliphatic heterocycles. The lowest BCUT2D eigenvalue weighted by molar-refractivity contribution is 1.01. The highest BCUT2D eigenvalue weighted by Crippen LogP contribution is 2.09. The van der Waals surface area contributed by atoms with Crippen molar-refractivity contribution in [3.63, 3.8) is 0 Å². The minimum atomic E-state index is 0.657. The van der Waals surface area contributed by atoms with E-state index in [-0.39, 0.29) is 0 Å². The molecule has 2 nitrogen and oxygen atoms in total. The van der Waals surface area contributed by atoms with Gasteiger partial charge in [0, 0.05) is 12.4 Å². The van der Waals surface area contributed by atoms with E-state index in [1.165, 1.54) is 0 Å². The van der Waals surface area contributed by atoms with E-state index in [1.54, 1.807) is 12.4 Å². The van der Waals surface area contributed by atoms with Crippen LogP contribution in [0, 0.1) is 0 Å². The van der Waals surface area contributed by atoms with E-state index in [0.717, 1.165) is 12.0 Å². The van der Waals surface area contributed by atoms with Crippen molar-refractivity contribution in [2.45, 2.75) is 6.42 Å². The molecule has 0 spiro atoms. The molecule has 0 atom stereocenters. The van der Waals surface area contributed by atoms with Gasteiger partial charge in [0.1, 0.15) is 0 Å². The first-order chi connectivity index (χ1) is 5.83.